The van der Waals surface area contributed by atoms with Gasteiger partial charge in [-0.25, -0.2) is 0 Å². The van der Waals surface area contributed by atoms with Gasteiger partial charge in [0.2, 0.25) is 11.8 Å². The Bertz CT molecular complexity index is 329. The molecular weight excluding hydrogens is 172 g/mol. The maximum atomic E-state index is 10.8. The summed E-state index contributed by atoms with van der Waals surface area (Å²) in [5.74, 6) is 0.757. The lowest BCUT2D eigenvalue weighted by atomic mass is 10.0. The van der Waals surface area contributed by atoms with E-state index in [1.165, 1.54) is 0 Å². The van der Waals surface area contributed by atoms with Crippen LogP contribution in [0.1, 0.15) is 18.7 Å². The van der Waals surface area contributed by atoms with Gasteiger partial charge < -0.3 is 15.1 Å². The van der Waals surface area contributed by atoms with E-state index in [4.69, 9.17) is 10.2 Å². The van der Waals surface area contributed by atoms with E-state index < -0.39 is 0 Å². The summed E-state index contributed by atoms with van der Waals surface area (Å²) >= 11 is 0. The Kier molecular flexibility index (Phi) is 1.68. The number of aromatic nitrogens is 2. The number of likely N-dealkylation sites (tertiary alicyclic amines) is 1. The molecule has 70 valence electrons. The number of nitrogen functional groups attached to an aromatic ring is 1. The Morgan fingerprint density at radius 3 is 2.77 bits per heavy atom. The SMILES string of the molecule is CC(=O)N1CC(c2nnc(N)o2)C1. The average Bonchev–Trinajstić information content (AvgIpc) is 2.31. The minimum Gasteiger partial charge on any atom is -0.408 e. The Balaban J connectivity index is 1.97. The maximum absolute atomic E-state index is 10.8. The molecule has 1 aromatic rings. The molecule has 0 aromatic carbocycles. The number of hydrogen-bond acceptors (Lipinski definition) is 5. The van der Waals surface area contributed by atoms with Gasteiger partial charge in [-0.2, -0.15) is 0 Å². The molecule has 1 saturated heterocycles. The molecule has 0 unspecified atom stereocenters. The van der Waals surface area contributed by atoms with E-state index >= 15 is 0 Å². The number of anilines is 1. The molecule has 6 nitrogen and oxygen atoms in total. The molecule has 2 N–H and O–H groups in total. The van der Waals surface area contributed by atoms with Crippen molar-refractivity contribution in [1.29, 1.82) is 0 Å². The Hall–Kier alpha value is -1.59. The number of carbonyl (C=O) groups is 1. The van der Waals surface area contributed by atoms with E-state index in [9.17, 15) is 4.79 Å². The zero-order valence-electron chi connectivity index (χ0n) is 7.23. The van der Waals surface area contributed by atoms with E-state index in [2.05, 4.69) is 10.2 Å². The molecule has 1 aliphatic heterocycles. The van der Waals surface area contributed by atoms with Crippen LogP contribution >= 0.6 is 0 Å². The van der Waals surface area contributed by atoms with Gasteiger partial charge >= 0.3 is 6.01 Å². The zero-order valence-corrected chi connectivity index (χ0v) is 7.23. The Labute approximate surface area is 74.7 Å². The molecule has 1 aromatic heterocycles. The van der Waals surface area contributed by atoms with Gasteiger partial charge in [0, 0.05) is 20.0 Å². The van der Waals surface area contributed by atoms with Gasteiger partial charge in [-0.1, -0.05) is 5.10 Å². The molecule has 0 atom stereocenters. The van der Waals surface area contributed by atoms with Crippen LogP contribution in [0.2, 0.25) is 0 Å². The second-order valence-electron chi connectivity index (χ2n) is 3.10. The normalized spacial score (nSPS) is 17.2. The summed E-state index contributed by atoms with van der Waals surface area (Å²) in [5, 5.41) is 7.30. The minimum absolute atomic E-state index is 0.0729. The van der Waals surface area contributed by atoms with Crippen LogP contribution in [0.15, 0.2) is 4.42 Å². The summed E-state index contributed by atoms with van der Waals surface area (Å²) in [6, 6.07) is 0.0799. The molecule has 2 heterocycles. The van der Waals surface area contributed by atoms with Gasteiger partial charge in [0.1, 0.15) is 0 Å². The van der Waals surface area contributed by atoms with Gasteiger partial charge in [-0.05, 0) is 0 Å². The van der Waals surface area contributed by atoms with Gasteiger partial charge in [-0.3, -0.25) is 4.79 Å². The topological polar surface area (TPSA) is 85.2 Å². The first-order valence-corrected chi connectivity index (χ1v) is 4.01. The molecule has 13 heavy (non-hydrogen) atoms. The number of carbonyl (C=O) groups excluding carboxylic acids is 1. The van der Waals surface area contributed by atoms with Crippen molar-refractivity contribution in [3.8, 4) is 0 Å². The molecule has 0 bridgehead atoms. The van der Waals surface area contributed by atoms with Crippen LogP contribution < -0.4 is 5.73 Å². The molecule has 0 aliphatic carbocycles. The highest BCUT2D eigenvalue weighted by Gasteiger charge is 2.33. The summed E-state index contributed by atoms with van der Waals surface area (Å²) in [7, 11) is 0. The number of amides is 1. The number of rotatable bonds is 1. The summed E-state index contributed by atoms with van der Waals surface area (Å²) in [4.78, 5) is 12.6. The van der Waals surface area contributed by atoms with E-state index in [1.54, 1.807) is 11.8 Å². The van der Waals surface area contributed by atoms with E-state index in [0.717, 1.165) is 0 Å². The average molecular weight is 182 g/mol. The van der Waals surface area contributed by atoms with Crippen molar-refractivity contribution >= 4 is 11.9 Å². The first-order valence-electron chi connectivity index (χ1n) is 4.01. The lowest BCUT2D eigenvalue weighted by molar-refractivity contribution is -0.133. The summed E-state index contributed by atoms with van der Waals surface area (Å²) in [6.45, 7) is 2.84. The van der Waals surface area contributed by atoms with Crippen LogP contribution in [-0.2, 0) is 4.79 Å². The molecule has 1 amide bonds. The standard InChI is InChI=1S/C7H10N4O2/c1-4(12)11-2-5(3-11)6-9-10-7(8)13-6/h5H,2-3H2,1H3,(H2,8,10). The lowest BCUT2D eigenvalue weighted by Gasteiger charge is -2.36. The van der Waals surface area contributed by atoms with Crippen molar-refractivity contribution in [2.24, 2.45) is 0 Å². The van der Waals surface area contributed by atoms with Crippen LogP contribution in [0.4, 0.5) is 6.01 Å². The molecule has 1 fully saturated rings. The van der Waals surface area contributed by atoms with Crippen molar-refractivity contribution in [2.75, 3.05) is 18.8 Å². The summed E-state index contributed by atoms with van der Waals surface area (Å²) < 4.78 is 5.03. The quantitative estimate of drug-likeness (QED) is 0.638. The van der Waals surface area contributed by atoms with Crippen molar-refractivity contribution in [3.63, 3.8) is 0 Å². The lowest BCUT2D eigenvalue weighted by Crippen LogP contribution is -2.47. The van der Waals surface area contributed by atoms with Crippen molar-refractivity contribution < 1.29 is 9.21 Å². The zero-order chi connectivity index (χ0) is 9.42. The second kappa shape index (κ2) is 2.72. The predicted octanol–water partition coefficient (Wildman–Crippen LogP) is -0.403. The monoisotopic (exact) mass is 182 g/mol. The third-order valence-electron chi connectivity index (χ3n) is 2.13. The van der Waals surface area contributed by atoms with Crippen molar-refractivity contribution in [3.05, 3.63) is 5.89 Å². The molecule has 1 aliphatic rings. The smallest absolute Gasteiger partial charge is 0.312 e. The third kappa shape index (κ3) is 1.34. The van der Waals surface area contributed by atoms with Gasteiger partial charge in [-0.15, -0.1) is 5.10 Å². The second-order valence-corrected chi connectivity index (χ2v) is 3.10. The Morgan fingerprint density at radius 2 is 2.31 bits per heavy atom. The summed E-state index contributed by atoms with van der Waals surface area (Å²) in [6.07, 6.45) is 0. The van der Waals surface area contributed by atoms with Crippen LogP contribution in [-0.4, -0.2) is 34.1 Å². The molecule has 2 rings (SSSR count). The molecule has 0 radical (unpaired) electrons. The molecular formula is C7H10N4O2. The Morgan fingerprint density at radius 1 is 1.62 bits per heavy atom. The fraction of sp³-hybridized carbons (Fsp3) is 0.571. The van der Waals surface area contributed by atoms with Crippen LogP contribution in [0.3, 0.4) is 0 Å². The van der Waals surface area contributed by atoms with E-state index in [1.807, 2.05) is 0 Å². The van der Waals surface area contributed by atoms with Crippen LogP contribution in [0.5, 0.6) is 0 Å². The first-order chi connectivity index (χ1) is 6.16. The highest BCUT2D eigenvalue weighted by molar-refractivity contribution is 5.74. The molecule has 6 heteroatoms. The van der Waals surface area contributed by atoms with Gasteiger partial charge in [0.25, 0.3) is 0 Å². The van der Waals surface area contributed by atoms with E-state index in [-0.39, 0.29) is 17.8 Å². The minimum atomic E-state index is 0.0729. The van der Waals surface area contributed by atoms with Gasteiger partial charge in [0.15, 0.2) is 0 Å². The predicted molar refractivity (Wildman–Crippen MR) is 43.7 cm³/mol. The number of nitrogens with two attached hydrogens (primary N) is 1. The highest BCUT2D eigenvalue weighted by Crippen LogP contribution is 2.25. The number of hydrogen-bond donors (Lipinski definition) is 1. The highest BCUT2D eigenvalue weighted by atomic mass is 16.4. The first kappa shape index (κ1) is 8.03. The largest absolute Gasteiger partial charge is 0.408 e. The van der Waals surface area contributed by atoms with Crippen LogP contribution in [0.25, 0.3) is 0 Å². The van der Waals surface area contributed by atoms with Crippen molar-refractivity contribution in [1.82, 2.24) is 15.1 Å². The fourth-order valence-corrected chi connectivity index (χ4v) is 1.30. The fourth-order valence-electron chi connectivity index (χ4n) is 1.30. The van der Waals surface area contributed by atoms with E-state index in [0.29, 0.717) is 19.0 Å². The summed E-state index contributed by atoms with van der Waals surface area (Å²) in [5.41, 5.74) is 5.27. The maximum Gasteiger partial charge on any atom is 0.312 e. The molecule has 0 spiro atoms. The number of nitrogens with zero attached hydrogens (tertiary/aromatic N) is 3. The van der Waals surface area contributed by atoms with Gasteiger partial charge in [0.05, 0.1) is 5.92 Å². The van der Waals surface area contributed by atoms with Crippen LogP contribution in [0, 0.1) is 0 Å². The molecule has 0 saturated carbocycles. The third-order valence-corrected chi connectivity index (χ3v) is 2.13. The van der Waals surface area contributed by atoms with Crippen molar-refractivity contribution in [2.45, 2.75) is 12.8 Å².